The van der Waals surface area contributed by atoms with Crippen molar-refractivity contribution in [3.8, 4) is 22.8 Å². The smallest absolute Gasteiger partial charge is 0.169 e. The number of benzene rings is 2. The highest BCUT2D eigenvalue weighted by Crippen LogP contribution is 2.32. The van der Waals surface area contributed by atoms with Gasteiger partial charge in [-0.25, -0.2) is 9.98 Å². The molecule has 0 aliphatic carbocycles. The second-order valence-corrected chi connectivity index (χ2v) is 7.75. The molecule has 1 aromatic heterocycles. The zero-order valence-corrected chi connectivity index (χ0v) is 18.8. The second-order valence-electron chi connectivity index (χ2n) is 6.97. The van der Waals surface area contributed by atoms with Gasteiger partial charge in [0.1, 0.15) is 5.49 Å². The molecule has 6 heteroatoms. The van der Waals surface area contributed by atoms with Gasteiger partial charge in [-0.1, -0.05) is 29.5 Å². The van der Waals surface area contributed by atoms with Crippen molar-refractivity contribution < 1.29 is 9.47 Å². The predicted octanol–water partition coefficient (Wildman–Crippen LogP) is 4.98. The van der Waals surface area contributed by atoms with Crippen LogP contribution in [0.2, 0.25) is 0 Å². The highest BCUT2D eigenvalue weighted by molar-refractivity contribution is 7.98. The fourth-order valence-electron chi connectivity index (χ4n) is 3.42. The van der Waals surface area contributed by atoms with Gasteiger partial charge in [0.05, 0.1) is 25.6 Å². The fourth-order valence-corrected chi connectivity index (χ4v) is 3.98. The lowest BCUT2D eigenvalue weighted by Crippen LogP contribution is -2.21. The van der Waals surface area contributed by atoms with Crippen molar-refractivity contribution in [2.45, 2.75) is 25.9 Å². The Balaban J connectivity index is 2.23. The molecule has 5 nitrogen and oxygen atoms in total. The molecule has 0 spiro atoms. The minimum atomic E-state index is 0.675. The Morgan fingerprint density at radius 3 is 2.17 bits per heavy atom. The molecule has 0 radical (unpaired) electrons. The van der Waals surface area contributed by atoms with E-state index in [2.05, 4.69) is 32.9 Å². The average Bonchev–Trinajstić information content (AvgIpc) is 2.71. The van der Waals surface area contributed by atoms with Crippen LogP contribution in [0.4, 0.5) is 5.69 Å². The Hall–Kier alpha value is -2.73. The zero-order valence-electron chi connectivity index (χ0n) is 18.0. The van der Waals surface area contributed by atoms with Crippen molar-refractivity contribution in [3.05, 3.63) is 58.6 Å². The first kappa shape index (κ1) is 21.0. The molecule has 0 fully saturated rings. The summed E-state index contributed by atoms with van der Waals surface area (Å²) in [7, 11) is 5.26. The number of methoxy groups -OCH3 is 2. The van der Waals surface area contributed by atoms with E-state index in [-0.39, 0.29) is 0 Å². The van der Waals surface area contributed by atoms with Gasteiger partial charge >= 0.3 is 0 Å². The van der Waals surface area contributed by atoms with E-state index in [0.29, 0.717) is 11.5 Å². The van der Waals surface area contributed by atoms with E-state index in [1.165, 1.54) is 5.56 Å². The van der Waals surface area contributed by atoms with Crippen LogP contribution in [0.1, 0.15) is 16.7 Å². The summed E-state index contributed by atoms with van der Waals surface area (Å²) < 4.78 is 12.8. The third-order valence-corrected chi connectivity index (χ3v) is 5.57. The number of aromatic nitrogens is 2. The molecule has 0 saturated carbocycles. The van der Waals surface area contributed by atoms with Crippen LogP contribution in [0.25, 0.3) is 11.3 Å². The van der Waals surface area contributed by atoms with E-state index < -0.39 is 0 Å². The maximum Gasteiger partial charge on any atom is 0.169 e. The molecule has 0 aliphatic heterocycles. The van der Waals surface area contributed by atoms with Crippen LogP contribution < -0.4 is 15.0 Å². The predicted molar refractivity (Wildman–Crippen MR) is 119 cm³/mol. The third-order valence-electron chi connectivity index (χ3n) is 4.84. The molecule has 0 amide bonds. The summed E-state index contributed by atoms with van der Waals surface area (Å²) in [5.41, 5.74) is 7.22. The monoisotopic (exact) mass is 409 g/mol. The molecule has 0 saturated heterocycles. The minimum absolute atomic E-state index is 0.675. The molecule has 0 aliphatic rings. The Morgan fingerprint density at radius 1 is 0.931 bits per heavy atom. The lowest BCUT2D eigenvalue weighted by molar-refractivity contribution is 0.355. The highest BCUT2D eigenvalue weighted by Gasteiger charge is 2.11. The van der Waals surface area contributed by atoms with Gasteiger partial charge in [0.15, 0.2) is 16.7 Å². The van der Waals surface area contributed by atoms with Gasteiger partial charge in [-0.2, -0.15) is 0 Å². The number of ether oxygens (including phenoxy) is 2. The number of aryl methyl sites for hydroxylation is 3. The second kappa shape index (κ2) is 8.74. The normalized spacial score (nSPS) is 11.6. The van der Waals surface area contributed by atoms with Gasteiger partial charge in [0.25, 0.3) is 0 Å². The van der Waals surface area contributed by atoms with Gasteiger partial charge in [-0.15, -0.1) is 0 Å². The summed E-state index contributed by atoms with van der Waals surface area (Å²) in [6.45, 7) is 6.31. The summed E-state index contributed by atoms with van der Waals surface area (Å²) in [6.07, 6.45) is 2.02. The first-order valence-corrected chi connectivity index (χ1v) is 10.6. The van der Waals surface area contributed by atoms with Crippen molar-refractivity contribution in [1.29, 1.82) is 0 Å². The van der Waals surface area contributed by atoms with Gasteiger partial charge < -0.3 is 14.0 Å². The van der Waals surface area contributed by atoms with E-state index in [1.807, 2.05) is 42.1 Å². The Morgan fingerprint density at radius 2 is 1.59 bits per heavy atom. The first-order valence-electron chi connectivity index (χ1n) is 9.35. The maximum absolute atomic E-state index is 5.46. The fraction of sp³-hybridized carbons (Fsp3) is 0.304. The van der Waals surface area contributed by atoms with Crippen LogP contribution in [-0.4, -0.2) is 30.0 Å². The van der Waals surface area contributed by atoms with Crippen LogP contribution in [-0.2, 0) is 7.05 Å². The summed E-state index contributed by atoms with van der Waals surface area (Å²) in [5.74, 6) is 1.37. The largest absolute Gasteiger partial charge is 0.493 e. The van der Waals surface area contributed by atoms with Crippen molar-refractivity contribution in [2.24, 2.45) is 12.0 Å². The van der Waals surface area contributed by atoms with Gasteiger partial charge in [-0.3, -0.25) is 0 Å². The molecule has 29 heavy (non-hydrogen) atoms. The number of rotatable bonds is 5. The molecule has 3 aromatic rings. The molecule has 2 aromatic carbocycles. The number of nitrogens with zero attached hydrogens (tertiary/aromatic N) is 3. The number of hydrogen-bond donors (Lipinski definition) is 0. The Kier molecular flexibility index (Phi) is 6.33. The highest BCUT2D eigenvalue weighted by atomic mass is 32.2. The molecular weight excluding hydrogens is 382 g/mol. The number of hydrogen-bond acceptors (Lipinski definition) is 5. The summed E-state index contributed by atoms with van der Waals surface area (Å²) in [5, 5.41) is 0.887. The SMILES string of the molecule is COc1ccc(-c2c/c(=N/c3c(C)cc(C)cc3C)n(C)c(SC)n2)cc1OC. The standard InChI is InChI=1S/C23H27N3O2S/c1-14-10-15(2)22(16(3)11-14)25-21-13-18(24-23(29-7)26(21)4)17-8-9-19(27-5)20(12-17)28-6/h8-13H,1-7H3/b25-21-. The van der Waals surface area contributed by atoms with Crippen LogP contribution in [0.15, 0.2) is 46.5 Å². The van der Waals surface area contributed by atoms with Crippen molar-refractivity contribution >= 4 is 17.4 Å². The van der Waals surface area contributed by atoms with E-state index in [1.54, 1.807) is 26.0 Å². The lowest BCUT2D eigenvalue weighted by Gasteiger charge is -2.13. The van der Waals surface area contributed by atoms with Crippen molar-refractivity contribution in [3.63, 3.8) is 0 Å². The molecule has 152 valence electrons. The van der Waals surface area contributed by atoms with E-state index in [0.717, 1.165) is 38.7 Å². The van der Waals surface area contributed by atoms with Gasteiger partial charge in [-0.05, 0) is 56.4 Å². The van der Waals surface area contributed by atoms with Crippen molar-refractivity contribution in [1.82, 2.24) is 9.55 Å². The van der Waals surface area contributed by atoms with E-state index in [9.17, 15) is 0 Å². The Bertz CT molecular complexity index is 1100. The topological polar surface area (TPSA) is 48.6 Å². The summed E-state index contributed by atoms with van der Waals surface area (Å²) in [4.78, 5) is 9.83. The molecule has 1 heterocycles. The summed E-state index contributed by atoms with van der Waals surface area (Å²) >= 11 is 1.59. The molecule has 3 rings (SSSR count). The Labute approximate surface area is 176 Å². The van der Waals surface area contributed by atoms with E-state index >= 15 is 0 Å². The van der Waals surface area contributed by atoms with Crippen molar-refractivity contribution in [2.75, 3.05) is 20.5 Å². The lowest BCUT2D eigenvalue weighted by atomic mass is 10.1. The van der Waals surface area contributed by atoms with Crippen LogP contribution in [0.3, 0.4) is 0 Å². The molecule has 0 bridgehead atoms. The molecule has 0 atom stereocenters. The minimum Gasteiger partial charge on any atom is -0.493 e. The van der Waals surface area contributed by atoms with Gasteiger partial charge in [0, 0.05) is 18.7 Å². The molecular formula is C23H27N3O2S. The summed E-state index contributed by atoms with van der Waals surface area (Å²) in [6, 6.07) is 12.2. The van der Waals surface area contributed by atoms with Crippen LogP contribution in [0, 0.1) is 20.8 Å². The molecule has 0 N–H and O–H groups in total. The van der Waals surface area contributed by atoms with Crippen LogP contribution in [0.5, 0.6) is 11.5 Å². The quantitative estimate of drug-likeness (QED) is 0.440. The maximum atomic E-state index is 5.46. The van der Waals surface area contributed by atoms with Gasteiger partial charge in [0.2, 0.25) is 0 Å². The van der Waals surface area contributed by atoms with E-state index in [4.69, 9.17) is 19.5 Å². The first-order chi connectivity index (χ1) is 13.9. The average molecular weight is 410 g/mol. The molecule has 0 unspecified atom stereocenters. The number of thioether (sulfide) groups is 1. The van der Waals surface area contributed by atoms with Crippen LogP contribution >= 0.6 is 11.8 Å². The zero-order chi connectivity index (χ0) is 21.1. The third kappa shape index (κ3) is 4.32.